The van der Waals surface area contributed by atoms with E-state index in [1.807, 2.05) is 0 Å². The zero-order valence-corrected chi connectivity index (χ0v) is 8.81. The summed E-state index contributed by atoms with van der Waals surface area (Å²) in [4.78, 5) is 2.29. The second-order valence-corrected chi connectivity index (χ2v) is 5.13. The van der Waals surface area contributed by atoms with Crippen molar-refractivity contribution in [1.82, 2.24) is 4.90 Å². The second-order valence-electron chi connectivity index (χ2n) is 3.43. The van der Waals surface area contributed by atoms with Gasteiger partial charge in [-0.1, -0.05) is 6.58 Å². The van der Waals surface area contributed by atoms with E-state index in [4.69, 9.17) is 5.73 Å². The van der Waals surface area contributed by atoms with Crippen molar-refractivity contribution >= 4 is 10.8 Å². The summed E-state index contributed by atoms with van der Waals surface area (Å²) in [5.74, 6) is 1.66. The highest BCUT2D eigenvalue weighted by Crippen LogP contribution is 2.03. The summed E-state index contributed by atoms with van der Waals surface area (Å²) >= 11 is 0. The van der Waals surface area contributed by atoms with Crippen LogP contribution in [0, 0.1) is 0 Å². The van der Waals surface area contributed by atoms with Crippen LogP contribution < -0.4 is 5.73 Å². The van der Waals surface area contributed by atoms with Gasteiger partial charge in [-0.2, -0.15) is 0 Å². The van der Waals surface area contributed by atoms with Gasteiger partial charge in [0.05, 0.1) is 0 Å². The van der Waals surface area contributed by atoms with Crippen LogP contribution in [0.1, 0.15) is 6.42 Å². The molecule has 0 aromatic carbocycles. The Morgan fingerprint density at radius 3 is 2.92 bits per heavy atom. The van der Waals surface area contributed by atoms with Crippen molar-refractivity contribution in [1.29, 1.82) is 0 Å². The molecule has 1 rings (SSSR count). The largest absolute Gasteiger partial charge is 0.327 e. The molecule has 0 aliphatic carbocycles. The van der Waals surface area contributed by atoms with Crippen LogP contribution in [0.3, 0.4) is 0 Å². The molecular weight excluding hydrogens is 184 g/mol. The van der Waals surface area contributed by atoms with Gasteiger partial charge in [0.25, 0.3) is 0 Å². The standard InChI is InChI=1S/C9H18N2OS/c1-9(7-10)8-11-3-2-5-13(12)6-4-11/h1-8,10H2. The summed E-state index contributed by atoms with van der Waals surface area (Å²) in [5, 5.41) is 0. The molecular formula is C9H18N2OS. The lowest BCUT2D eigenvalue weighted by Gasteiger charge is -2.19. The third-order valence-corrected chi connectivity index (χ3v) is 3.60. The summed E-state index contributed by atoms with van der Waals surface area (Å²) in [6.45, 7) is 7.25. The van der Waals surface area contributed by atoms with Gasteiger partial charge in [-0.05, 0) is 18.5 Å². The van der Waals surface area contributed by atoms with E-state index in [1.165, 1.54) is 0 Å². The molecule has 1 heterocycles. The van der Waals surface area contributed by atoms with Crippen LogP contribution in [-0.4, -0.2) is 46.8 Å². The Kier molecular flexibility index (Phi) is 4.62. The van der Waals surface area contributed by atoms with E-state index in [9.17, 15) is 4.21 Å². The monoisotopic (exact) mass is 202 g/mol. The normalized spacial score (nSPS) is 25.5. The number of nitrogens with two attached hydrogens (primary N) is 1. The molecule has 4 heteroatoms. The van der Waals surface area contributed by atoms with Crippen molar-refractivity contribution in [3.8, 4) is 0 Å². The highest BCUT2D eigenvalue weighted by molar-refractivity contribution is 7.85. The first-order valence-corrected chi connectivity index (χ1v) is 6.15. The van der Waals surface area contributed by atoms with Gasteiger partial charge in [0.2, 0.25) is 0 Å². The Morgan fingerprint density at radius 1 is 1.46 bits per heavy atom. The van der Waals surface area contributed by atoms with E-state index in [0.29, 0.717) is 6.54 Å². The van der Waals surface area contributed by atoms with Gasteiger partial charge in [-0.3, -0.25) is 9.11 Å². The molecule has 0 bridgehead atoms. The summed E-state index contributed by atoms with van der Waals surface area (Å²) < 4.78 is 11.2. The zero-order chi connectivity index (χ0) is 9.68. The van der Waals surface area contributed by atoms with E-state index < -0.39 is 10.8 Å². The minimum atomic E-state index is -0.598. The molecule has 1 saturated heterocycles. The predicted molar refractivity (Wildman–Crippen MR) is 57.1 cm³/mol. The maximum Gasteiger partial charge on any atom is 0.0362 e. The fourth-order valence-electron chi connectivity index (χ4n) is 1.43. The van der Waals surface area contributed by atoms with Gasteiger partial charge < -0.3 is 5.73 Å². The van der Waals surface area contributed by atoms with Crippen LogP contribution in [0.15, 0.2) is 12.2 Å². The zero-order valence-electron chi connectivity index (χ0n) is 8.00. The topological polar surface area (TPSA) is 46.3 Å². The van der Waals surface area contributed by atoms with E-state index in [0.717, 1.165) is 43.1 Å². The van der Waals surface area contributed by atoms with Crippen LogP contribution in [0.25, 0.3) is 0 Å². The van der Waals surface area contributed by atoms with Crippen LogP contribution in [-0.2, 0) is 10.8 Å². The first-order valence-electron chi connectivity index (χ1n) is 4.66. The van der Waals surface area contributed by atoms with E-state index in [-0.39, 0.29) is 0 Å². The van der Waals surface area contributed by atoms with Crippen molar-refractivity contribution in [3.63, 3.8) is 0 Å². The highest BCUT2D eigenvalue weighted by atomic mass is 32.2. The molecule has 2 N–H and O–H groups in total. The van der Waals surface area contributed by atoms with Crippen LogP contribution in [0.5, 0.6) is 0 Å². The van der Waals surface area contributed by atoms with Gasteiger partial charge in [0.15, 0.2) is 0 Å². The average molecular weight is 202 g/mol. The molecule has 0 aromatic rings. The van der Waals surface area contributed by atoms with E-state index in [1.54, 1.807) is 0 Å². The van der Waals surface area contributed by atoms with Crippen molar-refractivity contribution < 1.29 is 4.21 Å². The van der Waals surface area contributed by atoms with Crippen LogP contribution in [0.2, 0.25) is 0 Å². The molecule has 0 aromatic heterocycles. The molecule has 0 radical (unpaired) electrons. The molecule has 1 aliphatic rings. The third kappa shape index (κ3) is 4.02. The van der Waals surface area contributed by atoms with E-state index in [2.05, 4.69) is 11.5 Å². The quantitative estimate of drug-likeness (QED) is 0.653. The number of hydrogen-bond donors (Lipinski definition) is 1. The van der Waals surface area contributed by atoms with Crippen molar-refractivity contribution in [2.45, 2.75) is 6.42 Å². The van der Waals surface area contributed by atoms with Crippen molar-refractivity contribution in [2.75, 3.05) is 37.7 Å². The minimum absolute atomic E-state index is 0.555. The minimum Gasteiger partial charge on any atom is -0.327 e. The molecule has 1 fully saturated rings. The molecule has 1 aliphatic heterocycles. The average Bonchev–Trinajstić information content (AvgIpc) is 2.31. The molecule has 3 nitrogen and oxygen atoms in total. The second kappa shape index (κ2) is 5.52. The summed E-state index contributed by atoms with van der Waals surface area (Å²) in [6.07, 6.45) is 1.03. The highest BCUT2D eigenvalue weighted by Gasteiger charge is 2.12. The van der Waals surface area contributed by atoms with Crippen molar-refractivity contribution in [3.05, 3.63) is 12.2 Å². The van der Waals surface area contributed by atoms with Crippen LogP contribution in [0.4, 0.5) is 0 Å². The summed E-state index contributed by atoms with van der Waals surface area (Å²) in [5.41, 5.74) is 6.53. The molecule has 0 amide bonds. The van der Waals surface area contributed by atoms with Gasteiger partial charge >= 0.3 is 0 Å². The van der Waals surface area contributed by atoms with Crippen LogP contribution >= 0.6 is 0 Å². The van der Waals surface area contributed by atoms with Gasteiger partial charge in [-0.25, -0.2) is 0 Å². The van der Waals surface area contributed by atoms with Gasteiger partial charge in [0.1, 0.15) is 0 Å². The smallest absolute Gasteiger partial charge is 0.0362 e. The fourth-order valence-corrected chi connectivity index (χ4v) is 2.55. The Hall–Kier alpha value is -0.190. The number of hydrogen-bond acceptors (Lipinski definition) is 3. The summed E-state index contributed by atoms with van der Waals surface area (Å²) in [6, 6.07) is 0. The van der Waals surface area contributed by atoms with Crippen molar-refractivity contribution in [2.24, 2.45) is 5.73 Å². The predicted octanol–water partition coefficient (Wildman–Crippen LogP) is -0.0443. The van der Waals surface area contributed by atoms with E-state index >= 15 is 0 Å². The molecule has 0 saturated carbocycles. The molecule has 0 spiro atoms. The SMILES string of the molecule is C=C(CN)CN1CCCS(=O)CC1. The Labute approximate surface area is 82.4 Å². The number of nitrogens with zero attached hydrogens (tertiary/aromatic N) is 1. The number of rotatable bonds is 3. The Balaban J connectivity index is 2.33. The third-order valence-electron chi connectivity index (χ3n) is 2.22. The first kappa shape index (κ1) is 10.9. The lowest BCUT2D eigenvalue weighted by Crippen LogP contribution is -2.30. The molecule has 76 valence electrons. The van der Waals surface area contributed by atoms with Gasteiger partial charge in [0, 0.05) is 41.9 Å². The maximum atomic E-state index is 11.2. The molecule has 13 heavy (non-hydrogen) atoms. The lowest BCUT2D eigenvalue weighted by molar-refractivity contribution is 0.319. The molecule has 1 atom stereocenters. The Morgan fingerprint density at radius 2 is 2.23 bits per heavy atom. The molecule has 1 unspecified atom stereocenters. The fraction of sp³-hybridized carbons (Fsp3) is 0.778. The lowest BCUT2D eigenvalue weighted by atomic mass is 10.2. The Bertz CT molecular complexity index is 206. The first-order chi connectivity index (χ1) is 6.22. The van der Waals surface area contributed by atoms with Gasteiger partial charge in [-0.15, -0.1) is 0 Å². The maximum absolute atomic E-state index is 11.2. The summed E-state index contributed by atoms with van der Waals surface area (Å²) in [7, 11) is -0.598.